The molecule has 0 aliphatic carbocycles. The molecule has 0 unspecified atom stereocenters. The third kappa shape index (κ3) is 2.92. The van der Waals surface area contributed by atoms with Crippen LogP contribution in [0.3, 0.4) is 0 Å². The van der Waals surface area contributed by atoms with E-state index in [9.17, 15) is 4.79 Å². The van der Waals surface area contributed by atoms with Crippen molar-refractivity contribution in [2.75, 3.05) is 4.90 Å². The lowest BCUT2D eigenvalue weighted by molar-refractivity contribution is -0.129. The molecule has 2 heteroatoms. The number of carbonyl (C=O) groups is 1. The van der Waals surface area contributed by atoms with Gasteiger partial charge in [0.1, 0.15) is 0 Å². The molecule has 2 nitrogen and oxygen atoms in total. The first-order valence-electron chi connectivity index (χ1n) is 6.67. The maximum Gasteiger partial charge on any atom is 0.233 e. The van der Waals surface area contributed by atoms with Crippen molar-refractivity contribution in [3.63, 3.8) is 0 Å². The van der Waals surface area contributed by atoms with Crippen molar-refractivity contribution in [2.24, 2.45) is 11.3 Å². The number of rotatable bonds is 4. The van der Waals surface area contributed by atoms with E-state index in [4.69, 9.17) is 0 Å². The minimum atomic E-state index is -0.347. The lowest BCUT2D eigenvalue weighted by atomic mass is 9.79. The highest BCUT2D eigenvalue weighted by Crippen LogP contribution is 2.31. The molecule has 0 bridgehead atoms. The molecule has 0 radical (unpaired) electrons. The van der Waals surface area contributed by atoms with Gasteiger partial charge in [-0.15, -0.1) is 0 Å². The quantitative estimate of drug-likeness (QED) is 0.784. The Morgan fingerprint density at radius 1 is 1.06 bits per heavy atom. The second kappa shape index (κ2) is 5.55. The van der Waals surface area contributed by atoms with E-state index in [1.165, 1.54) is 0 Å². The van der Waals surface area contributed by atoms with Gasteiger partial charge in [-0.2, -0.15) is 0 Å². The summed E-state index contributed by atoms with van der Waals surface area (Å²) < 4.78 is 0. The Labute approximate surface area is 111 Å². The Kier molecular flexibility index (Phi) is 4.55. The molecule has 0 aromatic heterocycles. The van der Waals surface area contributed by atoms with Gasteiger partial charge in [0.25, 0.3) is 0 Å². The molecule has 1 amide bonds. The van der Waals surface area contributed by atoms with Gasteiger partial charge in [-0.25, -0.2) is 0 Å². The summed E-state index contributed by atoms with van der Waals surface area (Å²) >= 11 is 0. The average Bonchev–Trinajstić information content (AvgIpc) is 2.29. The standard InChI is InChI=1S/C16H25NO/c1-12(2)16(5,6)15(18)17(13(3)4)14-10-8-7-9-11-14/h7-13H,1-6H3. The van der Waals surface area contributed by atoms with Crippen LogP contribution in [0.1, 0.15) is 41.5 Å². The van der Waals surface area contributed by atoms with Crippen molar-refractivity contribution in [1.82, 2.24) is 0 Å². The number of hydrogen-bond acceptors (Lipinski definition) is 1. The molecule has 0 saturated carbocycles. The van der Waals surface area contributed by atoms with E-state index in [1.54, 1.807) is 0 Å². The molecule has 0 N–H and O–H groups in total. The number of para-hydroxylation sites is 1. The lowest BCUT2D eigenvalue weighted by Gasteiger charge is -2.37. The summed E-state index contributed by atoms with van der Waals surface area (Å²) in [5, 5.41) is 0. The van der Waals surface area contributed by atoms with E-state index >= 15 is 0 Å². The summed E-state index contributed by atoms with van der Waals surface area (Å²) in [5.74, 6) is 0.508. The second-order valence-corrected chi connectivity index (χ2v) is 5.98. The minimum absolute atomic E-state index is 0.165. The predicted molar refractivity (Wildman–Crippen MR) is 77.7 cm³/mol. The summed E-state index contributed by atoms with van der Waals surface area (Å²) in [6.07, 6.45) is 0. The molecule has 0 aliphatic rings. The maximum atomic E-state index is 12.8. The van der Waals surface area contributed by atoms with Crippen LogP contribution in [0.15, 0.2) is 30.3 Å². The van der Waals surface area contributed by atoms with Gasteiger partial charge in [-0.3, -0.25) is 4.79 Å². The smallest absolute Gasteiger partial charge is 0.233 e. The summed E-state index contributed by atoms with van der Waals surface area (Å²) in [4.78, 5) is 14.7. The van der Waals surface area contributed by atoms with Crippen LogP contribution in [0.2, 0.25) is 0 Å². The molecule has 0 spiro atoms. The molecule has 0 aliphatic heterocycles. The fraction of sp³-hybridized carbons (Fsp3) is 0.562. The number of carbonyl (C=O) groups excluding carboxylic acids is 1. The average molecular weight is 247 g/mol. The van der Waals surface area contributed by atoms with Crippen LogP contribution in [0.5, 0.6) is 0 Å². The summed E-state index contributed by atoms with van der Waals surface area (Å²) in [6.45, 7) is 12.4. The molecule has 1 rings (SSSR count). The first kappa shape index (κ1) is 14.7. The third-order valence-corrected chi connectivity index (χ3v) is 3.76. The molecule has 0 heterocycles. The fourth-order valence-corrected chi connectivity index (χ4v) is 1.80. The van der Waals surface area contributed by atoms with Gasteiger partial charge in [-0.05, 0) is 31.9 Å². The molecular weight excluding hydrogens is 222 g/mol. The zero-order valence-corrected chi connectivity index (χ0v) is 12.4. The number of benzene rings is 1. The Hall–Kier alpha value is -1.31. The second-order valence-electron chi connectivity index (χ2n) is 5.98. The Balaban J connectivity index is 3.12. The van der Waals surface area contributed by atoms with E-state index in [1.807, 2.05) is 49.1 Å². The van der Waals surface area contributed by atoms with Crippen LogP contribution in [-0.4, -0.2) is 11.9 Å². The zero-order chi connectivity index (χ0) is 13.9. The monoisotopic (exact) mass is 247 g/mol. The molecule has 18 heavy (non-hydrogen) atoms. The molecule has 0 atom stereocenters. The number of amides is 1. The molecule has 1 aromatic rings. The van der Waals surface area contributed by atoms with Crippen molar-refractivity contribution in [3.8, 4) is 0 Å². The largest absolute Gasteiger partial charge is 0.309 e. The maximum absolute atomic E-state index is 12.8. The Morgan fingerprint density at radius 3 is 1.94 bits per heavy atom. The van der Waals surface area contributed by atoms with E-state index in [0.29, 0.717) is 5.92 Å². The summed E-state index contributed by atoms with van der Waals surface area (Å²) in [6, 6.07) is 10.1. The predicted octanol–water partition coefficient (Wildman–Crippen LogP) is 4.11. The van der Waals surface area contributed by atoms with E-state index < -0.39 is 0 Å². The van der Waals surface area contributed by atoms with E-state index in [2.05, 4.69) is 27.7 Å². The summed E-state index contributed by atoms with van der Waals surface area (Å²) in [7, 11) is 0. The molecule has 100 valence electrons. The van der Waals surface area contributed by atoms with Gasteiger partial charge < -0.3 is 4.90 Å². The van der Waals surface area contributed by atoms with Crippen molar-refractivity contribution >= 4 is 11.6 Å². The van der Waals surface area contributed by atoms with Crippen LogP contribution in [-0.2, 0) is 4.79 Å². The van der Waals surface area contributed by atoms with Crippen molar-refractivity contribution in [2.45, 2.75) is 47.6 Å². The van der Waals surface area contributed by atoms with Crippen LogP contribution in [0, 0.1) is 11.3 Å². The van der Waals surface area contributed by atoms with E-state index in [-0.39, 0.29) is 17.4 Å². The molecule has 1 aromatic carbocycles. The van der Waals surface area contributed by atoms with Gasteiger partial charge in [0.2, 0.25) is 5.91 Å². The van der Waals surface area contributed by atoms with Crippen molar-refractivity contribution < 1.29 is 4.79 Å². The van der Waals surface area contributed by atoms with E-state index in [0.717, 1.165) is 5.69 Å². The van der Waals surface area contributed by atoms with Crippen LogP contribution in [0.4, 0.5) is 5.69 Å². The van der Waals surface area contributed by atoms with Gasteiger partial charge in [0.05, 0.1) is 0 Å². The van der Waals surface area contributed by atoms with Crippen LogP contribution in [0.25, 0.3) is 0 Å². The molecule has 0 fully saturated rings. The number of hydrogen-bond donors (Lipinski definition) is 0. The topological polar surface area (TPSA) is 20.3 Å². The van der Waals surface area contributed by atoms with Crippen molar-refractivity contribution in [1.29, 1.82) is 0 Å². The third-order valence-electron chi connectivity index (χ3n) is 3.76. The zero-order valence-electron chi connectivity index (χ0n) is 12.4. The molecule has 0 saturated heterocycles. The highest BCUT2D eigenvalue weighted by atomic mass is 16.2. The van der Waals surface area contributed by atoms with Gasteiger partial charge in [-0.1, -0.05) is 45.9 Å². The SMILES string of the molecule is CC(C)N(C(=O)C(C)(C)C(C)C)c1ccccc1. The minimum Gasteiger partial charge on any atom is -0.309 e. The number of nitrogens with zero attached hydrogens (tertiary/aromatic N) is 1. The van der Waals surface area contributed by atoms with Crippen molar-refractivity contribution in [3.05, 3.63) is 30.3 Å². The fourth-order valence-electron chi connectivity index (χ4n) is 1.80. The van der Waals surface area contributed by atoms with Gasteiger partial charge in [0.15, 0.2) is 0 Å². The first-order valence-corrected chi connectivity index (χ1v) is 6.67. The normalized spacial score (nSPS) is 12.0. The lowest BCUT2D eigenvalue weighted by Crippen LogP contribution is -2.47. The Bertz CT molecular complexity index is 393. The summed E-state index contributed by atoms with van der Waals surface area (Å²) in [5.41, 5.74) is 0.631. The van der Waals surface area contributed by atoms with Gasteiger partial charge >= 0.3 is 0 Å². The van der Waals surface area contributed by atoms with Crippen LogP contribution >= 0.6 is 0 Å². The van der Waals surface area contributed by atoms with Crippen LogP contribution < -0.4 is 4.90 Å². The van der Waals surface area contributed by atoms with Gasteiger partial charge in [0, 0.05) is 17.1 Å². The highest BCUT2D eigenvalue weighted by molar-refractivity contribution is 5.97. The Morgan fingerprint density at radius 2 is 1.56 bits per heavy atom. The number of anilines is 1. The molecular formula is C16H25NO. The highest BCUT2D eigenvalue weighted by Gasteiger charge is 2.36. The first-order chi connectivity index (χ1) is 8.28.